The fourth-order valence-corrected chi connectivity index (χ4v) is 1.99. The van der Waals surface area contributed by atoms with Crippen LogP contribution >= 0.6 is 11.6 Å². The molecule has 0 atom stereocenters. The topological polar surface area (TPSA) is 32.3 Å². The summed E-state index contributed by atoms with van der Waals surface area (Å²) in [6.45, 7) is -0.0220. The number of anilines is 1. The molecule has 2 rings (SSSR count). The molecule has 0 radical (unpaired) electrons. The predicted octanol–water partition coefficient (Wildman–Crippen LogP) is 4.28. The van der Waals surface area contributed by atoms with Crippen LogP contribution in [0.1, 0.15) is 5.56 Å². The quantitative estimate of drug-likeness (QED) is 0.901. The van der Waals surface area contributed by atoms with Crippen LogP contribution in [-0.2, 0) is 6.54 Å². The number of carbonyl (C=O) groups is 1. The molecule has 110 valence electrons. The van der Waals surface area contributed by atoms with E-state index in [4.69, 9.17) is 11.6 Å². The zero-order valence-electron chi connectivity index (χ0n) is 11.2. The van der Waals surface area contributed by atoms with Gasteiger partial charge in [0, 0.05) is 17.6 Å². The zero-order valence-corrected chi connectivity index (χ0v) is 12.0. The number of rotatable bonds is 3. The normalized spacial score (nSPS) is 10.3. The average Bonchev–Trinajstić information content (AvgIpc) is 2.45. The third-order valence-corrected chi connectivity index (χ3v) is 3.27. The van der Waals surface area contributed by atoms with E-state index in [0.29, 0.717) is 0 Å². The number of benzene rings is 2. The van der Waals surface area contributed by atoms with Gasteiger partial charge < -0.3 is 10.2 Å². The molecule has 6 heteroatoms. The van der Waals surface area contributed by atoms with Crippen molar-refractivity contribution >= 4 is 23.3 Å². The molecule has 1 N–H and O–H groups in total. The van der Waals surface area contributed by atoms with Gasteiger partial charge in [-0.15, -0.1) is 0 Å². The van der Waals surface area contributed by atoms with Gasteiger partial charge in [-0.3, -0.25) is 0 Å². The Kier molecular flexibility index (Phi) is 4.75. The van der Waals surface area contributed by atoms with Crippen LogP contribution < -0.4 is 5.32 Å². The molecule has 0 unspecified atom stereocenters. The minimum absolute atomic E-state index is 0.0220. The van der Waals surface area contributed by atoms with E-state index in [0.717, 1.165) is 0 Å². The maximum absolute atomic E-state index is 13.7. The third-order valence-electron chi connectivity index (χ3n) is 2.92. The van der Waals surface area contributed by atoms with Crippen molar-refractivity contribution in [1.82, 2.24) is 4.90 Å². The highest BCUT2D eigenvalue weighted by molar-refractivity contribution is 6.31. The molecule has 0 saturated heterocycles. The lowest BCUT2D eigenvalue weighted by atomic mass is 10.2. The molecule has 0 aromatic heterocycles. The Morgan fingerprint density at radius 3 is 2.48 bits per heavy atom. The molecular weight excluding hydrogens is 298 g/mol. The monoisotopic (exact) mass is 310 g/mol. The molecular formula is C15H13ClF2N2O. The van der Waals surface area contributed by atoms with E-state index in [-0.39, 0.29) is 22.8 Å². The second kappa shape index (κ2) is 6.54. The van der Waals surface area contributed by atoms with Gasteiger partial charge in [-0.1, -0.05) is 29.8 Å². The van der Waals surface area contributed by atoms with Gasteiger partial charge in [-0.05, 0) is 24.3 Å². The molecule has 3 nitrogen and oxygen atoms in total. The molecule has 0 aliphatic heterocycles. The second-order valence-corrected chi connectivity index (χ2v) is 4.87. The minimum Gasteiger partial charge on any atom is -0.323 e. The van der Waals surface area contributed by atoms with E-state index in [2.05, 4.69) is 5.32 Å². The fourth-order valence-electron chi connectivity index (χ4n) is 1.77. The van der Waals surface area contributed by atoms with E-state index in [1.807, 2.05) is 0 Å². The Balaban J connectivity index is 2.08. The molecule has 0 bridgehead atoms. The summed E-state index contributed by atoms with van der Waals surface area (Å²) in [5.41, 5.74) is 0.277. The Bertz CT molecular complexity index is 644. The number of carbonyl (C=O) groups excluding carboxylic acids is 1. The summed E-state index contributed by atoms with van der Waals surface area (Å²) in [6, 6.07) is 9.55. The number of hydrogen-bond donors (Lipinski definition) is 1. The summed E-state index contributed by atoms with van der Waals surface area (Å²) in [7, 11) is 1.47. The first-order chi connectivity index (χ1) is 9.99. The number of halogens is 3. The van der Waals surface area contributed by atoms with Crippen LogP contribution in [0.2, 0.25) is 5.02 Å². The Labute approximate surface area is 126 Å². The lowest BCUT2D eigenvalue weighted by Crippen LogP contribution is -2.31. The highest BCUT2D eigenvalue weighted by Gasteiger charge is 2.15. The predicted molar refractivity (Wildman–Crippen MR) is 78.3 cm³/mol. The van der Waals surface area contributed by atoms with Crippen molar-refractivity contribution in [2.45, 2.75) is 6.54 Å². The van der Waals surface area contributed by atoms with Gasteiger partial charge in [-0.2, -0.15) is 0 Å². The standard InChI is InChI=1S/C15H13ClF2N2O/c1-20(9-10-11(16)5-4-7-12(10)17)15(21)19-14-8-3-2-6-13(14)18/h2-8H,9H2,1H3,(H,19,21). The second-order valence-electron chi connectivity index (χ2n) is 4.47. The van der Waals surface area contributed by atoms with Crippen molar-refractivity contribution in [3.8, 4) is 0 Å². The number of nitrogens with one attached hydrogen (secondary N) is 1. The molecule has 0 aliphatic rings. The number of amides is 2. The first kappa shape index (κ1) is 15.3. The van der Waals surface area contributed by atoms with Gasteiger partial charge >= 0.3 is 6.03 Å². The molecule has 21 heavy (non-hydrogen) atoms. The van der Waals surface area contributed by atoms with Crippen molar-refractivity contribution in [3.63, 3.8) is 0 Å². The molecule has 0 aliphatic carbocycles. The first-order valence-electron chi connectivity index (χ1n) is 6.18. The number of hydrogen-bond acceptors (Lipinski definition) is 1. The van der Waals surface area contributed by atoms with Gasteiger partial charge in [0.2, 0.25) is 0 Å². The van der Waals surface area contributed by atoms with Crippen molar-refractivity contribution in [1.29, 1.82) is 0 Å². The van der Waals surface area contributed by atoms with Gasteiger partial charge in [0.05, 0.1) is 12.2 Å². The largest absolute Gasteiger partial charge is 0.323 e. The summed E-state index contributed by atoms with van der Waals surface area (Å²) < 4.78 is 27.1. The van der Waals surface area contributed by atoms with E-state index < -0.39 is 17.7 Å². The fraction of sp³-hybridized carbons (Fsp3) is 0.133. The van der Waals surface area contributed by atoms with Crippen LogP contribution in [0.5, 0.6) is 0 Å². The van der Waals surface area contributed by atoms with E-state index in [1.165, 1.54) is 42.3 Å². The molecule has 2 aromatic carbocycles. The van der Waals surface area contributed by atoms with Crippen molar-refractivity contribution in [2.24, 2.45) is 0 Å². The molecule has 2 aromatic rings. The SMILES string of the molecule is CN(Cc1c(F)cccc1Cl)C(=O)Nc1ccccc1F. The van der Waals surface area contributed by atoms with Crippen LogP contribution in [0, 0.1) is 11.6 Å². The van der Waals surface area contributed by atoms with Crippen molar-refractivity contribution in [2.75, 3.05) is 12.4 Å². The summed E-state index contributed by atoms with van der Waals surface area (Å²) in [4.78, 5) is 13.2. The molecule has 0 saturated carbocycles. The molecule has 0 spiro atoms. The Morgan fingerprint density at radius 1 is 1.14 bits per heavy atom. The summed E-state index contributed by atoms with van der Waals surface area (Å²) in [5.74, 6) is -1.03. The summed E-state index contributed by atoms with van der Waals surface area (Å²) >= 11 is 5.91. The molecule has 0 fully saturated rings. The third kappa shape index (κ3) is 3.70. The van der Waals surface area contributed by atoms with Crippen LogP contribution in [0.15, 0.2) is 42.5 Å². The van der Waals surface area contributed by atoms with E-state index in [1.54, 1.807) is 12.1 Å². The number of urea groups is 1. The first-order valence-corrected chi connectivity index (χ1v) is 6.56. The zero-order chi connectivity index (χ0) is 15.4. The van der Waals surface area contributed by atoms with Crippen LogP contribution in [0.3, 0.4) is 0 Å². The summed E-state index contributed by atoms with van der Waals surface area (Å²) in [5, 5.41) is 2.65. The highest BCUT2D eigenvalue weighted by atomic mass is 35.5. The van der Waals surface area contributed by atoms with Gasteiger partial charge in [0.25, 0.3) is 0 Å². The van der Waals surface area contributed by atoms with Crippen LogP contribution in [0.4, 0.5) is 19.3 Å². The van der Waals surface area contributed by atoms with Crippen molar-refractivity contribution in [3.05, 3.63) is 64.7 Å². The Hall–Kier alpha value is -2.14. The lowest BCUT2D eigenvalue weighted by molar-refractivity contribution is 0.220. The number of para-hydroxylation sites is 1. The van der Waals surface area contributed by atoms with E-state index in [9.17, 15) is 13.6 Å². The lowest BCUT2D eigenvalue weighted by Gasteiger charge is -2.19. The smallest absolute Gasteiger partial charge is 0.321 e. The van der Waals surface area contributed by atoms with Crippen LogP contribution in [-0.4, -0.2) is 18.0 Å². The van der Waals surface area contributed by atoms with E-state index >= 15 is 0 Å². The number of nitrogens with zero attached hydrogens (tertiary/aromatic N) is 1. The Morgan fingerprint density at radius 2 is 1.81 bits per heavy atom. The molecule has 2 amide bonds. The van der Waals surface area contributed by atoms with Crippen molar-refractivity contribution < 1.29 is 13.6 Å². The maximum atomic E-state index is 13.7. The minimum atomic E-state index is -0.556. The summed E-state index contributed by atoms with van der Waals surface area (Å²) in [6.07, 6.45) is 0. The average molecular weight is 311 g/mol. The van der Waals surface area contributed by atoms with Gasteiger partial charge in [-0.25, -0.2) is 13.6 Å². The van der Waals surface area contributed by atoms with Crippen LogP contribution in [0.25, 0.3) is 0 Å². The molecule has 0 heterocycles. The highest BCUT2D eigenvalue weighted by Crippen LogP contribution is 2.21. The maximum Gasteiger partial charge on any atom is 0.321 e. The van der Waals surface area contributed by atoms with Gasteiger partial charge in [0.15, 0.2) is 0 Å². The van der Waals surface area contributed by atoms with Gasteiger partial charge in [0.1, 0.15) is 11.6 Å².